The van der Waals surface area contributed by atoms with Crippen LogP contribution in [0.15, 0.2) is 15.2 Å². The van der Waals surface area contributed by atoms with Gasteiger partial charge in [-0.25, -0.2) is 0 Å². The standard InChI is InChI=1S/C6H7BrOS/c1-4(8)5-2-3-9-6(5)7/h2-4,8H,1H3/t4-/m1/s1. The van der Waals surface area contributed by atoms with E-state index in [0.29, 0.717) is 0 Å². The lowest BCUT2D eigenvalue weighted by Crippen LogP contribution is -1.86. The van der Waals surface area contributed by atoms with Crippen LogP contribution in [0, 0.1) is 0 Å². The van der Waals surface area contributed by atoms with Crippen molar-refractivity contribution in [1.29, 1.82) is 0 Å². The summed E-state index contributed by atoms with van der Waals surface area (Å²) in [5.74, 6) is 0. The van der Waals surface area contributed by atoms with Gasteiger partial charge in [-0.1, -0.05) is 0 Å². The highest BCUT2D eigenvalue weighted by Gasteiger charge is 2.04. The van der Waals surface area contributed by atoms with Gasteiger partial charge in [0.1, 0.15) is 0 Å². The predicted octanol–water partition coefficient (Wildman–Crippen LogP) is 2.56. The van der Waals surface area contributed by atoms with Crippen molar-refractivity contribution in [3.63, 3.8) is 0 Å². The maximum atomic E-state index is 9.07. The first kappa shape index (κ1) is 7.25. The second kappa shape index (κ2) is 2.82. The molecule has 1 atom stereocenters. The molecule has 1 nitrogen and oxygen atoms in total. The van der Waals surface area contributed by atoms with Gasteiger partial charge in [-0.05, 0) is 34.3 Å². The topological polar surface area (TPSA) is 20.2 Å². The number of rotatable bonds is 1. The molecule has 1 heterocycles. The molecule has 0 bridgehead atoms. The van der Waals surface area contributed by atoms with Crippen LogP contribution in [0.2, 0.25) is 0 Å². The van der Waals surface area contributed by atoms with Gasteiger partial charge in [-0.3, -0.25) is 0 Å². The Kier molecular flexibility index (Phi) is 2.27. The molecular weight excluding hydrogens is 200 g/mol. The highest BCUT2D eigenvalue weighted by molar-refractivity contribution is 9.11. The summed E-state index contributed by atoms with van der Waals surface area (Å²) in [5.41, 5.74) is 0.972. The average molecular weight is 207 g/mol. The molecule has 0 radical (unpaired) electrons. The Labute approximate surface area is 66.5 Å². The van der Waals surface area contributed by atoms with Gasteiger partial charge in [0.15, 0.2) is 0 Å². The zero-order chi connectivity index (χ0) is 6.85. The number of hydrogen-bond donors (Lipinski definition) is 1. The summed E-state index contributed by atoms with van der Waals surface area (Å²) < 4.78 is 1.03. The predicted molar refractivity (Wildman–Crippen MR) is 42.7 cm³/mol. The zero-order valence-corrected chi connectivity index (χ0v) is 7.37. The molecule has 0 unspecified atom stereocenters. The zero-order valence-electron chi connectivity index (χ0n) is 4.97. The first-order valence-electron chi connectivity index (χ1n) is 2.63. The summed E-state index contributed by atoms with van der Waals surface area (Å²) in [6.45, 7) is 1.76. The monoisotopic (exact) mass is 206 g/mol. The summed E-state index contributed by atoms with van der Waals surface area (Å²) in [6, 6.07) is 1.92. The normalized spacial score (nSPS) is 13.7. The molecular formula is C6H7BrOS. The fourth-order valence-corrected chi connectivity index (χ4v) is 2.10. The molecule has 0 spiro atoms. The molecule has 1 aromatic heterocycles. The van der Waals surface area contributed by atoms with E-state index in [1.807, 2.05) is 11.4 Å². The maximum absolute atomic E-state index is 9.07. The number of halogens is 1. The Bertz CT molecular complexity index is 195. The van der Waals surface area contributed by atoms with Crippen molar-refractivity contribution in [3.05, 3.63) is 20.8 Å². The van der Waals surface area contributed by atoms with Crippen LogP contribution in [-0.2, 0) is 0 Å². The van der Waals surface area contributed by atoms with Gasteiger partial charge in [0, 0.05) is 5.56 Å². The van der Waals surface area contributed by atoms with E-state index in [4.69, 9.17) is 5.11 Å². The van der Waals surface area contributed by atoms with Gasteiger partial charge < -0.3 is 5.11 Å². The van der Waals surface area contributed by atoms with Crippen LogP contribution in [0.3, 0.4) is 0 Å². The van der Waals surface area contributed by atoms with E-state index in [9.17, 15) is 0 Å². The van der Waals surface area contributed by atoms with E-state index in [1.165, 1.54) is 0 Å². The lowest BCUT2D eigenvalue weighted by Gasteiger charge is -1.99. The van der Waals surface area contributed by atoms with Crippen molar-refractivity contribution in [2.75, 3.05) is 0 Å². The van der Waals surface area contributed by atoms with E-state index >= 15 is 0 Å². The van der Waals surface area contributed by atoms with E-state index < -0.39 is 0 Å². The average Bonchev–Trinajstić information content (AvgIpc) is 2.13. The third-order valence-electron chi connectivity index (χ3n) is 1.10. The molecule has 50 valence electrons. The van der Waals surface area contributed by atoms with Crippen molar-refractivity contribution >= 4 is 27.3 Å². The molecule has 0 aliphatic rings. The van der Waals surface area contributed by atoms with Crippen LogP contribution in [-0.4, -0.2) is 5.11 Å². The van der Waals surface area contributed by atoms with Gasteiger partial charge in [-0.2, -0.15) is 0 Å². The molecule has 0 saturated heterocycles. The number of aliphatic hydroxyl groups excluding tert-OH is 1. The van der Waals surface area contributed by atoms with Gasteiger partial charge >= 0.3 is 0 Å². The van der Waals surface area contributed by atoms with Crippen LogP contribution in [0.5, 0.6) is 0 Å². The minimum atomic E-state index is -0.356. The molecule has 3 heteroatoms. The SMILES string of the molecule is C[C@@H](O)c1ccsc1Br. The minimum Gasteiger partial charge on any atom is -0.389 e. The van der Waals surface area contributed by atoms with Crippen molar-refractivity contribution in [2.24, 2.45) is 0 Å². The summed E-state index contributed by atoms with van der Waals surface area (Å²) >= 11 is 4.91. The van der Waals surface area contributed by atoms with E-state index in [1.54, 1.807) is 18.3 Å². The minimum absolute atomic E-state index is 0.356. The fourth-order valence-electron chi connectivity index (χ4n) is 0.604. The Morgan fingerprint density at radius 2 is 2.44 bits per heavy atom. The van der Waals surface area contributed by atoms with Crippen LogP contribution < -0.4 is 0 Å². The molecule has 0 aliphatic carbocycles. The molecule has 1 aromatic rings. The van der Waals surface area contributed by atoms with Crippen molar-refractivity contribution in [3.8, 4) is 0 Å². The quantitative estimate of drug-likeness (QED) is 0.750. The summed E-state index contributed by atoms with van der Waals surface area (Å²) in [6.07, 6.45) is -0.356. The van der Waals surface area contributed by atoms with Crippen LogP contribution >= 0.6 is 27.3 Å². The van der Waals surface area contributed by atoms with E-state index in [0.717, 1.165) is 9.35 Å². The summed E-state index contributed by atoms with van der Waals surface area (Å²) in [4.78, 5) is 0. The summed E-state index contributed by atoms with van der Waals surface area (Å²) in [5, 5.41) is 11.0. The van der Waals surface area contributed by atoms with Gasteiger partial charge in [0.25, 0.3) is 0 Å². The van der Waals surface area contributed by atoms with Crippen molar-refractivity contribution < 1.29 is 5.11 Å². The number of thiophene rings is 1. The molecule has 0 aromatic carbocycles. The smallest absolute Gasteiger partial charge is 0.0781 e. The van der Waals surface area contributed by atoms with Gasteiger partial charge in [0.05, 0.1) is 9.89 Å². The van der Waals surface area contributed by atoms with E-state index in [2.05, 4.69) is 15.9 Å². The Morgan fingerprint density at radius 1 is 1.78 bits per heavy atom. The highest BCUT2D eigenvalue weighted by atomic mass is 79.9. The number of hydrogen-bond acceptors (Lipinski definition) is 2. The number of aliphatic hydroxyl groups is 1. The Balaban J connectivity index is 2.94. The third kappa shape index (κ3) is 1.53. The second-order valence-electron chi connectivity index (χ2n) is 1.83. The first-order chi connectivity index (χ1) is 4.22. The molecule has 0 fully saturated rings. The fraction of sp³-hybridized carbons (Fsp3) is 0.333. The van der Waals surface area contributed by atoms with Crippen LogP contribution in [0.4, 0.5) is 0 Å². The first-order valence-corrected chi connectivity index (χ1v) is 4.30. The van der Waals surface area contributed by atoms with Gasteiger partial charge in [-0.15, -0.1) is 11.3 Å². The van der Waals surface area contributed by atoms with Crippen molar-refractivity contribution in [1.82, 2.24) is 0 Å². The molecule has 1 N–H and O–H groups in total. The second-order valence-corrected chi connectivity index (χ2v) is 4.06. The molecule has 9 heavy (non-hydrogen) atoms. The van der Waals surface area contributed by atoms with E-state index in [-0.39, 0.29) is 6.10 Å². The van der Waals surface area contributed by atoms with Crippen molar-refractivity contribution in [2.45, 2.75) is 13.0 Å². The Hall–Kier alpha value is 0.140. The largest absolute Gasteiger partial charge is 0.389 e. The van der Waals surface area contributed by atoms with Crippen LogP contribution in [0.1, 0.15) is 18.6 Å². The van der Waals surface area contributed by atoms with Gasteiger partial charge in [0.2, 0.25) is 0 Å². The lowest BCUT2D eigenvalue weighted by atomic mass is 10.2. The Morgan fingerprint density at radius 3 is 2.67 bits per heavy atom. The molecule has 0 aliphatic heterocycles. The molecule has 1 rings (SSSR count). The third-order valence-corrected chi connectivity index (χ3v) is 2.83. The van der Waals surface area contributed by atoms with Crippen LogP contribution in [0.25, 0.3) is 0 Å². The highest BCUT2D eigenvalue weighted by Crippen LogP contribution is 2.28. The lowest BCUT2D eigenvalue weighted by molar-refractivity contribution is 0.199. The molecule has 0 saturated carbocycles. The molecule has 0 amide bonds. The summed E-state index contributed by atoms with van der Waals surface area (Å²) in [7, 11) is 0. The maximum Gasteiger partial charge on any atom is 0.0781 e.